The molecule has 0 bridgehead atoms. The predicted octanol–water partition coefficient (Wildman–Crippen LogP) is 4.23. The molecule has 1 fully saturated rings. The number of benzene rings is 2. The molecule has 0 spiro atoms. The van der Waals surface area contributed by atoms with Crippen LogP contribution in [-0.2, 0) is 9.59 Å². The molecule has 0 radical (unpaired) electrons. The summed E-state index contributed by atoms with van der Waals surface area (Å²) in [5, 5.41) is 11.2. The Bertz CT molecular complexity index is 995. The maximum Gasteiger partial charge on any atom is 0.295 e. The first kappa shape index (κ1) is 21.4. The third-order valence-electron chi connectivity index (χ3n) is 5.34. The molecular formula is C24H27NO5. The van der Waals surface area contributed by atoms with Crippen LogP contribution in [0.2, 0.25) is 0 Å². The third kappa shape index (κ3) is 3.77. The second-order valence-electron chi connectivity index (χ2n) is 7.29. The van der Waals surface area contributed by atoms with Crippen molar-refractivity contribution in [1.82, 2.24) is 4.90 Å². The normalized spacial score (nSPS) is 18.0. The highest BCUT2D eigenvalue weighted by Crippen LogP contribution is 2.43. The molecular weight excluding hydrogens is 382 g/mol. The summed E-state index contributed by atoms with van der Waals surface area (Å²) in [6.07, 6.45) is 1.61. The van der Waals surface area contributed by atoms with E-state index in [2.05, 4.69) is 0 Å². The number of aliphatic hydroxyl groups excluding tert-OH is 1. The Kier molecular flexibility index (Phi) is 6.45. The fourth-order valence-electron chi connectivity index (χ4n) is 3.81. The standard InChI is InChI=1S/C24H27NO5/c1-5-6-13-25-21(16-9-7-8-10-18(16)29-3)20(23(27)24(25)28)22(26)17-14-15(2)11-12-19(17)30-4/h7-12,14,21,26H,5-6,13H2,1-4H3/b22-20+. The van der Waals surface area contributed by atoms with Crippen molar-refractivity contribution >= 4 is 17.4 Å². The molecule has 1 aliphatic rings. The van der Waals surface area contributed by atoms with Gasteiger partial charge in [-0.15, -0.1) is 0 Å². The fraction of sp³-hybridized carbons (Fsp3) is 0.333. The van der Waals surface area contributed by atoms with Gasteiger partial charge in [0.2, 0.25) is 0 Å². The lowest BCUT2D eigenvalue weighted by Gasteiger charge is -2.26. The first-order valence-corrected chi connectivity index (χ1v) is 10.0. The summed E-state index contributed by atoms with van der Waals surface area (Å²) in [6.45, 7) is 4.31. The first-order chi connectivity index (χ1) is 14.4. The van der Waals surface area contributed by atoms with Crippen molar-refractivity contribution in [3.05, 3.63) is 64.7 Å². The largest absolute Gasteiger partial charge is 0.507 e. The van der Waals surface area contributed by atoms with Gasteiger partial charge in [-0.05, 0) is 31.5 Å². The number of likely N-dealkylation sites (tertiary alicyclic amines) is 1. The highest BCUT2D eigenvalue weighted by molar-refractivity contribution is 6.46. The second kappa shape index (κ2) is 9.03. The minimum Gasteiger partial charge on any atom is -0.507 e. The van der Waals surface area contributed by atoms with Crippen LogP contribution in [0.5, 0.6) is 11.5 Å². The van der Waals surface area contributed by atoms with E-state index in [0.717, 1.165) is 18.4 Å². The summed E-state index contributed by atoms with van der Waals surface area (Å²) in [6, 6.07) is 11.8. The zero-order valence-electron chi connectivity index (χ0n) is 17.8. The number of methoxy groups -OCH3 is 2. The average Bonchev–Trinajstić information content (AvgIpc) is 3.01. The summed E-state index contributed by atoms with van der Waals surface area (Å²) in [7, 11) is 3.04. The topological polar surface area (TPSA) is 76.1 Å². The van der Waals surface area contributed by atoms with Crippen LogP contribution >= 0.6 is 0 Å². The summed E-state index contributed by atoms with van der Waals surface area (Å²) < 4.78 is 10.9. The van der Waals surface area contributed by atoms with Crippen molar-refractivity contribution < 1.29 is 24.2 Å². The van der Waals surface area contributed by atoms with Crippen LogP contribution in [-0.4, -0.2) is 42.5 Å². The molecule has 1 N–H and O–H groups in total. The van der Waals surface area contributed by atoms with Gasteiger partial charge in [-0.25, -0.2) is 0 Å². The van der Waals surface area contributed by atoms with Gasteiger partial charge in [-0.1, -0.05) is 43.2 Å². The Labute approximate surface area is 176 Å². The minimum absolute atomic E-state index is 0.0458. The fourth-order valence-corrected chi connectivity index (χ4v) is 3.81. The monoisotopic (exact) mass is 409 g/mol. The lowest BCUT2D eigenvalue weighted by molar-refractivity contribution is -0.139. The first-order valence-electron chi connectivity index (χ1n) is 10.0. The Morgan fingerprint density at radius 2 is 1.77 bits per heavy atom. The lowest BCUT2D eigenvalue weighted by atomic mass is 9.94. The van der Waals surface area contributed by atoms with E-state index in [1.807, 2.05) is 38.1 Å². The Morgan fingerprint density at radius 1 is 1.07 bits per heavy atom. The molecule has 1 heterocycles. The van der Waals surface area contributed by atoms with E-state index in [-0.39, 0.29) is 11.3 Å². The molecule has 2 aromatic carbocycles. The number of para-hydroxylation sites is 1. The number of carbonyl (C=O) groups excluding carboxylic acids is 2. The van der Waals surface area contributed by atoms with E-state index in [1.54, 1.807) is 25.3 Å². The van der Waals surface area contributed by atoms with E-state index < -0.39 is 17.7 Å². The number of hydrogen-bond donors (Lipinski definition) is 1. The smallest absolute Gasteiger partial charge is 0.295 e. The highest BCUT2D eigenvalue weighted by atomic mass is 16.5. The van der Waals surface area contributed by atoms with Crippen molar-refractivity contribution in [2.45, 2.75) is 32.7 Å². The molecule has 158 valence electrons. The average molecular weight is 409 g/mol. The van der Waals surface area contributed by atoms with Gasteiger partial charge in [0.15, 0.2) is 0 Å². The van der Waals surface area contributed by atoms with Gasteiger partial charge in [0.25, 0.3) is 11.7 Å². The maximum absolute atomic E-state index is 13.1. The van der Waals surface area contributed by atoms with Crippen LogP contribution in [0.4, 0.5) is 0 Å². The zero-order valence-corrected chi connectivity index (χ0v) is 17.8. The van der Waals surface area contributed by atoms with Gasteiger partial charge >= 0.3 is 0 Å². The number of ketones is 1. The zero-order chi connectivity index (χ0) is 21.8. The summed E-state index contributed by atoms with van der Waals surface area (Å²) in [5.74, 6) is -0.593. The molecule has 0 aliphatic carbocycles. The van der Waals surface area contributed by atoms with E-state index in [9.17, 15) is 14.7 Å². The molecule has 0 aromatic heterocycles. The van der Waals surface area contributed by atoms with Crippen molar-refractivity contribution in [3.8, 4) is 11.5 Å². The summed E-state index contributed by atoms with van der Waals surface area (Å²) in [4.78, 5) is 27.5. The molecule has 30 heavy (non-hydrogen) atoms. The van der Waals surface area contributed by atoms with Gasteiger partial charge in [-0.3, -0.25) is 9.59 Å². The molecule has 1 atom stereocenters. The molecule has 6 nitrogen and oxygen atoms in total. The van der Waals surface area contributed by atoms with Crippen molar-refractivity contribution in [3.63, 3.8) is 0 Å². The van der Waals surface area contributed by atoms with E-state index in [4.69, 9.17) is 9.47 Å². The van der Waals surface area contributed by atoms with Crippen molar-refractivity contribution in [1.29, 1.82) is 0 Å². The highest BCUT2D eigenvalue weighted by Gasteiger charge is 2.46. The molecule has 1 amide bonds. The van der Waals surface area contributed by atoms with Crippen molar-refractivity contribution in [2.75, 3.05) is 20.8 Å². The number of aliphatic hydroxyl groups is 1. The number of aryl methyl sites for hydroxylation is 1. The maximum atomic E-state index is 13.1. The molecule has 2 aromatic rings. The van der Waals surface area contributed by atoms with Crippen LogP contribution in [0.15, 0.2) is 48.0 Å². The SMILES string of the molecule is CCCCN1C(=O)C(=O)/C(=C(/O)c2cc(C)ccc2OC)C1c1ccccc1OC. The van der Waals surface area contributed by atoms with Gasteiger partial charge in [0, 0.05) is 12.1 Å². The molecule has 3 rings (SSSR count). The van der Waals surface area contributed by atoms with Crippen LogP contribution in [0.1, 0.15) is 42.5 Å². The molecule has 6 heteroatoms. The van der Waals surface area contributed by atoms with Crippen LogP contribution in [0.25, 0.3) is 5.76 Å². The lowest BCUT2D eigenvalue weighted by Crippen LogP contribution is -2.30. The molecule has 1 saturated heterocycles. The molecule has 1 aliphatic heterocycles. The van der Waals surface area contributed by atoms with Gasteiger partial charge in [-0.2, -0.15) is 0 Å². The number of nitrogens with zero attached hydrogens (tertiary/aromatic N) is 1. The number of carbonyl (C=O) groups is 2. The second-order valence-corrected chi connectivity index (χ2v) is 7.29. The number of ether oxygens (including phenoxy) is 2. The van der Waals surface area contributed by atoms with Crippen LogP contribution in [0, 0.1) is 6.92 Å². The minimum atomic E-state index is -0.738. The number of Topliss-reactive ketones (excluding diaryl/α,β-unsaturated/α-hetero) is 1. The van der Waals surface area contributed by atoms with E-state index in [1.165, 1.54) is 12.0 Å². The molecule has 0 saturated carbocycles. The van der Waals surface area contributed by atoms with Crippen LogP contribution < -0.4 is 9.47 Å². The van der Waals surface area contributed by atoms with E-state index >= 15 is 0 Å². The number of rotatable bonds is 7. The molecule has 1 unspecified atom stereocenters. The quantitative estimate of drug-likeness (QED) is 0.421. The number of amides is 1. The van der Waals surface area contributed by atoms with Crippen molar-refractivity contribution in [2.24, 2.45) is 0 Å². The number of unbranched alkanes of at least 4 members (excludes halogenated alkanes) is 1. The predicted molar refractivity (Wildman–Crippen MR) is 115 cm³/mol. The third-order valence-corrected chi connectivity index (χ3v) is 5.34. The Balaban J connectivity index is 2.27. The van der Waals surface area contributed by atoms with Gasteiger partial charge in [0.05, 0.1) is 31.4 Å². The summed E-state index contributed by atoms with van der Waals surface area (Å²) in [5.41, 5.74) is 1.98. The summed E-state index contributed by atoms with van der Waals surface area (Å²) >= 11 is 0. The van der Waals surface area contributed by atoms with Gasteiger partial charge < -0.3 is 19.5 Å². The van der Waals surface area contributed by atoms with Gasteiger partial charge in [0.1, 0.15) is 17.3 Å². The Morgan fingerprint density at radius 3 is 2.43 bits per heavy atom. The Hall–Kier alpha value is -3.28. The number of hydrogen-bond acceptors (Lipinski definition) is 5. The van der Waals surface area contributed by atoms with E-state index in [0.29, 0.717) is 29.2 Å². The van der Waals surface area contributed by atoms with Crippen LogP contribution in [0.3, 0.4) is 0 Å².